The third-order valence-electron chi connectivity index (χ3n) is 2.66. The fraction of sp³-hybridized carbons (Fsp3) is 0.100. The van der Waals surface area contributed by atoms with Gasteiger partial charge in [0.15, 0.2) is 0 Å². The van der Waals surface area contributed by atoms with E-state index < -0.39 is 27.1 Å². The summed E-state index contributed by atoms with van der Waals surface area (Å²) in [5.74, 6) is -0.763. The van der Waals surface area contributed by atoms with E-state index in [0.717, 1.165) is 16.8 Å². The van der Waals surface area contributed by atoms with Crippen LogP contribution in [0.1, 0.15) is 15.9 Å². The quantitative estimate of drug-likeness (QED) is 0.647. The molecule has 21 heavy (non-hydrogen) atoms. The van der Waals surface area contributed by atoms with Crippen LogP contribution in [0.3, 0.4) is 0 Å². The maximum absolute atomic E-state index is 11.9. The normalized spacial score (nSPS) is 10.1. The number of amides is 1. The zero-order chi connectivity index (χ0) is 15.6. The predicted molar refractivity (Wildman–Crippen MR) is 68.2 cm³/mol. The highest BCUT2D eigenvalue weighted by molar-refractivity contribution is 6.01. The summed E-state index contributed by atoms with van der Waals surface area (Å²) in [6, 6.07) is 1.95. The lowest BCUT2D eigenvalue weighted by Crippen LogP contribution is -2.22. The minimum absolute atomic E-state index is 0.120. The summed E-state index contributed by atoms with van der Waals surface area (Å²) in [7, 11) is 0. The van der Waals surface area contributed by atoms with Gasteiger partial charge in [0.2, 0.25) is 0 Å². The van der Waals surface area contributed by atoms with Crippen LogP contribution in [-0.2, 0) is 0 Å². The smallest absolute Gasteiger partial charge is 0.267 e. The second kappa shape index (κ2) is 5.32. The van der Waals surface area contributed by atoms with E-state index >= 15 is 0 Å². The monoisotopic (exact) mass is 292 g/mol. The van der Waals surface area contributed by atoms with Crippen molar-refractivity contribution in [1.82, 2.24) is 14.9 Å². The topological polar surface area (TPSA) is 146 Å². The van der Waals surface area contributed by atoms with Gasteiger partial charge in [-0.25, -0.2) is 4.68 Å². The van der Waals surface area contributed by atoms with Gasteiger partial charge >= 0.3 is 0 Å². The van der Waals surface area contributed by atoms with Crippen LogP contribution in [-0.4, -0.2) is 30.6 Å². The first-order valence-corrected chi connectivity index (χ1v) is 5.49. The number of hydrogen-bond donors (Lipinski definition) is 1. The van der Waals surface area contributed by atoms with Crippen molar-refractivity contribution >= 4 is 17.3 Å². The van der Waals surface area contributed by atoms with Crippen molar-refractivity contribution in [2.75, 3.05) is 5.43 Å². The molecule has 1 N–H and O–H groups in total. The molecule has 2 aromatic rings. The number of benzene rings is 1. The van der Waals surface area contributed by atoms with Gasteiger partial charge in [-0.2, -0.15) is 0 Å². The van der Waals surface area contributed by atoms with Gasteiger partial charge in [-0.3, -0.25) is 30.4 Å². The van der Waals surface area contributed by atoms with Crippen LogP contribution in [0, 0.1) is 27.2 Å². The van der Waals surface area contributed by atoms with Crippen molar-refractivity contribution in [3.63, 3.8) is 0 Å². The molecule has 1 heterocycles. The van der Waals surface area contributed by atoms with Gasteiger partial charge < -0.3 is 0 Å². The largest absolute Gasteiger partial charge is 0.279 e. The highest BCUT2D eigenvalue weighted by Gasteiger charge is 2.25. The lowest BCUT2D eigenvalue weighted by molar-refractivity contribution is -0.395. The van der Waals surface area contributed by atoms with E-state index in [1.165, 1.54) is 19.6 Å². The maximum Gasteiger partial charge on any atom is 0.279 e. The number of nitrogens with zero attached hydrogens (tertiary/aromatic N) is 5. The average Bonchev–Trinajstić information content (AvgIpc) is 2.90. The van der Waals surface area contributed by atoms with Crippen LogP contribution >= 0.6 is 0 Å². The van der Waals surface area contributed by atoms with Crippen molar-refractivity contribution in [3.05, 3.63) is 56.1 Å². The minimum Gasteiger partial charge on any atom is -0.267 e. The van der Waals surface area contributed by atoms with Crippen molar-refractivity contribution < 1.29 is 14.6 Å². The Labute approximate surface area is 116 Å². The number of aromatic nitrogens is 3. The molecule has 0 fully saturated rings. The summed E-state index contributed by atoms with van der Waals surface area (Å²) in [6.45, 7) is 1.25. The Morgan fingerprint density at radius 2 is 1.62 bits per heavy atom. The summed E-state index contributed by atoms with van der Waals surface area (Å²) in [5.41, 5.74) is 0.959. The van der Waals surface area contributed by atoms with E-state index in [9.17, 15) is 25.0 Å². The van der Waals surface area contributed by atoms with Crippen LogP contribution in [0.25, 0.3) is 0 Å². The highest BCUT2D eigenvalue weighted by Crippen LogP contribution is 2.29. The maximum atomic E-state index is 11.9. The molecule has 108 valence electrons. The average molecular weight is 292 g/mol. The first-order chi connectivity index (χ1) is 9.90. The van der Waals surface area contributed by atoms with E-state index in [1.807, 2.05) is 0 Å². The summed E-state index contributed by atoms with van der Waals surface area (Å²) >= 11 is 0. The van der Waals surface area contributed by atoms with Gasteiger partial charge in [0, 0.05) is 12.1 Å². The molecule has 0 saturated heterocycles. The molecule has 11 heteroatoms. The summed E-state index contributed by atoms with van der Waals surface area (Å²) < 4.78 is 1.11. The number of carbonyl (C=O) groups excluding carboxylic acids is 1. The van der Waals surface area contributed by atoms with Gasteiger partial charge in [-0.05, 0) is 6.92 Å². The van der Waals surface area contributed by atoms with E-state index in [0.29, 0.717) is 0 Å². The SMILES string of the molecule is Cc1c([N+](=O)[O-])cc(C(=O)Nn2cnnc2)cc1[N+](=O)[O-]. The second-order valence-electron chi connectivity index (χ2n) is 3.96. The number of rotatable bonds is 4. The molecule has 1 aromatic carbocycles. The van der Waals surface area contributed by atoms with Gasteiger partial charge in [0.25, 0.3) is 17.3 Å². The first-order valence-electron chi connectivity index (χ1n) is 5.49. The van der Waals surface area contributed by atoms with E-state index in [-0.39, 0.29) is 11.1 Å². The van der Waals surface area contributed by atoms with Crippen LogP contribution in [0.5, 0.6) is 0 Å². The number of nitro benzene ring substituents is 2. The zero-order valence-electron chi connectivity index (χ0n) is 10.6. The zero-order valence-corrected chi connectivity index (χ0v) is 10.6. The van der Waals surface area contributed by atoms with Gasteiger partial charge in [0.1, 0.15) is 18.2 Å². The summed E-state index contributed by atoms with van der Waals surface area (Å²) in [5, 5.41) is 28.7. The third-order valence-corrected chi connectivity index (χ3v) is 2.66. The molecule has 0 aliphatic heterocycles. The van der Waals surface area contributed by atoms with Crippen LogP contribution < -0.4 is 5.43 Å². The molecule has 2 rings (SSSR count). The predicted octanol–water partition coefficient (Wildman–Crippen LogP) is 0.787. The Bertz CT molecular complexity index is 691. The Morgan fingerprint density at radius 1 is 1.14 bits per heavy atom. The fourth-order valence-corrected chi connectivity index (χ4v) is 1.63. The molecule has 0 aliphatic rings. The third kappa shape index (κ3) is 2.80. The molecule has 1 aromatic heterocycles. The minimum atomic E-state index is -0.780. The summed E-state index contributed by atoms with van der Waals surface area (Å²) in [6.07, 6.45) is 2.38. The lowest BCUT2D eigenvalue weighted by atomic mass is 10.1. The molecule has 0 radical (unpaired) electrons. The van der Waals surface area contributed by atoms with Crippen LogP contribution in [0.4, 0.5) is 11.4 Å². The van der Waals surface area contributed by atoms with Crippen molar-refractivity contribution in [3.8, 4) is 0 Å². The molecule has 1 amide bonds. The Morgan fingerprint density at radius 3 is 2.05 bits per heavy atom. The second-order valence-corrected chi connectivity index (χ2v) is 3.96. The van der Waals surface area contributed by atoms with Crippen LogP contribution in [0.2, 0.25) is 0 Å². The molecule has 0 spiro atoms. The lowest BCUT2D eigenvalue weighted by Gasteiger charge is -2.06. The van der Waals surface area contributed by atoms with Crippen molar-refractivity contribution in [1.29, 1.82) is 0 Å². The molecular formula is C10H8N6O5. The molecule has 11 nitrogen and oxygen atoms in total. The van der Waals surface area contributed by atoms with Gasteiger partial charge in [-0.15, -0.1) is 10.2 Å². The van der Waals surface area contributed by atoms with E-state index in [1.54, 1.807) is 0 Å². The highest BCUT2D eigenvalue weighted by atomic mass is 16.6. The summed E-state index contributed by atoms with van der Waals surface area (Å²) in [4.78, 5) is 32.2. The van der Waals surface area contributed by atoms with Crippen LogP contribution in [0.15, 0.2) is 24.8 Å². The number of carbonyl (C=O) groups is 1. The molecule has 0 unspecified atom stereocenters. The van der Waals surface area contributed by atoms with Crippen molar-refractivity contribution in [2.45, 2.75) is 6.92 Å². The molecule has 0 bridgehead atoms. The molecule has 0 aliphatic carbocycles. The molecular weight excluding hydrogens is 284 g/mol. The number of nitro groups is 2. The molecule has 0 atom stereocenters. The van der Waals surface area contributed by atoms with E-state index in [4.69, 9.17) is 0 Å². The van der Waals surface area contributed by atoms with Crippen molar-refractivity contribution in [2.24, 2.45) is 0 Å². The first kappa shape index (κ1) is 14.0. The Balaban J connectivity index is 2.46. The number of nitrogens with one attached hydrogen (secondary N) is 1. The molecule has 0 saturated carbocycles. The van der Waals surface area contributed by atoms with E-state index in [2.05, 4.69) is 15.6 Å². The fourth-order valence-electron chi connectivity index (χ4n) is 1.63. The van der Waals surface area contributed by atoms with Gasteiger partial charge in [-0.1, -0.05) is 0 Å². The Kier molecular flexibility index (Phi) is 3.56. The number of hydrogen-bond acceptors (Lipinski definition) is 7. The van der Waals surface area contributed by atoms with Gasteiger partial charge in [0.05, 0.1) is 15.4 Å². The Hall–Kier alpha value is -3.37. The standard InChI is InChI=1S/C10H8N6O5/c1-6-8(15(18)19)2-7(3-9(6)16(20)21)10(17)13-14-4-11-12-5-14/h2-5H,1H3,(H,13,17).